The predicted octanol–water partition coefficient (Wildman–Crippen LogP) is 4.47. The molecular weight excluding hydrogens is 330 g/mol. The number of aromatic nitrogens is 2. The highest BCUT2D eigenvalue weighted by atomic mass is 79.9. The topological polar surface area (TPSA) is 47.0 Å². The van der Waals surface area contributed by atoms with Crippen molar-refractivity contribution in [2.75, 3.05) is 19.0 Å². The number of halogens is 1. The highest BCUT2D eigenvalue weighted by Gasteiger charge is 2.15. The summed E-state index contributed by atoms with van der Waals surface area (Å²) in [4.78, 5) is 9.32. The van der Waals surface area contributed by atoms with E-state index in [1.54, 1.807) is 7.11 Å². The van der Waals surface area contributed by atoms with Gasteiger partial charge in [-0.15, -0.1) is 0 Å². The number of hydrogen-bond acceptors (Lipinski definition) is 4. The molecule has 0 fully saturated rings. The number of benzene rings is 1. The van der Waals surface area contributed by atoms with Crippen molar-refractivity contribution in [2.24, 2.45) is 0 Å². The SMILES string of the molecule is CCNc1nc(-c2ccc(OC)cc2)nc(C(C)C)c1Br. The van der Waals surface area contributed by atoms with E-state index in [2.05, 4.69) is 47.0 Å². The molecule has 0 atom stereocenters. The van der Waals surface area contributed by atoms with E-state index in [0.29, 0.717) is 5.92 Å². The summed E-state index contributed by atoms with van der Waals surface area (Å²) in [6, 6.07) is 7.79. The van der Waals surface area contributed by atoms with E-state index in [4.69, 9.17) is 9.72 Å². The Bertz CT molecular complexity index is 612. The van der Waals surface area contributed by atoms with Crippen molar-refractivity contribution in [3.8, 4) is 17.1 Å². The zero-order valence-corrected chi connectivity index (χ0v) is 14.4. The molecule has 0 radical (unpaired) electrons. The number of ether oxygens (including phenoxy) is 1. The Morgan fingerprint density at radius 3 is 2.38 bits per heavy atom. The van der Waals surface area contributed by atoms with Crippen molar-refractivity contribution in [2.45, 2.75) is 26.7 Å². The zero-order valence-electron chi connectivity index (χ0n) is 12.8. The van der Waals surface area contributed by atoms with Crippen LogP contribution in [-0.2, 0) is 0 Å². The first-order valence-electron chi connectivity index (χ1n) is 7.02. The van der Waals surface area contributed by atoms with Gasteiger partial charge < -0.3 is 10.1 Å². The van der Waals surface area contributed by atoms with Crippen LogP contribution in [0.2, 0.25) is 0 Å². The third kappa shape index (κ3) is 3.53. The molecule has 0 aliphatic rings. The van der Waals surface area contributed by atoms with Crippen LogP contribution in [0.15, 0.2) is 28.7 Å². The van der Waals surface area contributed by atoms with Crippen molar-refractivity contribution in [1.82, 2.24) is 9.97 Å². The van der Waals surface area contributed by atoms with E-state index in [1.807, 2.05) is 24.3 Å². The molecule has 1 aromatic carbocycles. The fourth-order valence-electron chi connectivity index (χ4n) is 2.00. The van der Waals surface area contributed by atoms with E-state index in [-0.39, 0.29) is 0 Å². The van der Waals surface area contributed by atoms with Gasteiger partial charge in [0.05, 0.1) is 17.3 Å². The quantitative estimate of drug-likeness (QED) is 0.864. The molecule has 0 aliphatic heterocycles. The number of nitrogens with one attached hydrogen (secondary N) is 1. The van der Waals surface area contributed by atoms with Crippen LogP contribution in [0.25, 0.3) is 11.4 Å². The first-order valence-corrected chi connectivity index (χ1v) is 7.81. The minimum Gasteiger partial charge on any atom is -0.497 e. The van der Waals surface area contributed by atoms with Crippen LogP contribution >= 0.6 is 15.9 Å². The number of anilines is 1. The van der Waals surface area contributed by atoms with Crippen molar-refractivity contribution in [3.63, 3.8) is 0 Å². The molecule has 4 nitrogen and oxygen atoms in total. The summed E-state index contributed by atoms with van der Waals surface area (Å²) in [5, 5.41) is 3.28. The lowest BCUT2D eigenvalue weighted by Gasteiger charge is -2.14. The van der Waals surface area contributed by atoms with Gasteiger partial charge in [-0.25, -0.2) is 9.97 Å². The van der Waals surface area contributed by atoms with Crippen LogP contribution in [0.1, 0.15) is 32.4 Å². The Balaban J connectivity index is 2.51. The van der Waals surface area contributed by atoms with Crippen LogP contribution < -0.4 is 10.1 Å². The molecule has 0 unspecified atom stereocenters. The highest BCUT2D eigenvalue weighted by molar-refractivity contribution is 9.10. The smallest absolute Gasteiger partial charge is 0.161 e. The van der Waals surface area contributed by atoms with E-state index in [9.17, 15) is 0 Å². The van der Waals surface area contributed by atoms with Crippen molar-refractivity contribution < 1.29 is 4.74 Å². The predicted molar refractivity (Wildman–Crippen MR) is 90.0 cm³/mol. The Kier molecular flexibility index (Phi) is 5.17. The Hall–Kier alpha value is -1.62. The summed E-state index contributed by atoms with van der Waals surface area (Å²) in [7, 11) is 1.66. The molecule has 21 heavy (non-hydrogen) atoms. The third-order valence-corrected chi connectivity index (χ3v) is 3.90. The number of rotatable bonds is 5. The van der Waals surface area contributed by atoms with Crippen molar-refractivity contribution in [3.05, 3.63) is 34.4 Å². The Morgan fingerprint density at radius 2 is 1.86 bits per heavy atom. The molecule has 0 saturated carbocycles. The second kappa shape index (κ2) is 6.89. The van der Waals surface area contributed by atoms with Gasteiger partial charge in [-0.1, -0.05) is 13.8 Å². The molecule has 0 aliphatic carbocycles. The summed E-state index contributed by atoms with van der Waals surface area (Å²) < 4.78 is 6.13. The first kappa shape index (κ1) is 15.8. The Morgan fingerprint density at radius 1 is 1.19 bits per heavy atom. The molecule has 112 valence electrons. The van der Waals surface area contributed by atoms with E-state index >= 15 is 0 Å². The second-order valence-corrected chi connectivity index (χ2v) is 5.80. The van der Waals surface area contributed by atoms with E-state index in [1.165, 1.54) is 0 Å². The highest BCUT2D eigenvalue weighted by Crippen LogP contribution is 2.31. The van der Waals surface area contributed by atoms with Crippen LogP contribution in [-0.4, -0.2) is 23.6 Å². The fourth-order valence-corrected chi connectivity index (χ4v) is 2.78. The van der Waals surface area contributed by atoms with Gasteiger partial charge >= 0.3 is 0 Å². The van der Waals surface area contributed by atoms with Crippen LogP contribution in [0.4, 0.5) is 5.82 Å². The van der Waals surface area contributed by atoms with Gasteiger partial charge in [0.25, 0.3) is 0 Å². The van der Waals surface area contributed by atoms with Gasteiger partial charge in [-0.3, -0.25) is 0 Å². The molecule has 2 rings (SSSR count). The van der Waals surface area contributed by atoms with Gasteiger partial charge in [-0.05, 0) is 53.0 Å². The maximum absolute atomic E-state index is 5.19. The lowest BCUT2D eigenvalue weighted by molar-refractivity contribution is 0.415. The van der Waals surface area contributed by atoms with E-state index in [0.717, 1.165) is 39.7 Å². The molecule has 0 amide bonds. The Labute approximate surface area is 134 Å². The lowest BCUT2D eigenvalue weighted by Crippen LogP contribution is -2.07. The molecule has 1 N–H and O–H groups in total. The summed E-state index contributed by atoms with van der Waals surface area (Å²) in [6.07, 6.45) is 0. The molecule has 5 heteroatoms. The van der Waals surface area contributed by atoms with Gasteiger partial charge in [0.15, 0.2) is 5.82 Å². The normalized spacial score (nSPS) is 10.8. The van der Waals surface area contributed by atoms with Crippen molar-refractivity contribution in [1.29, 1.82) is 0 Å². The minimum absolute atomic E-state index is 0.316. The van der Waals surface area contributed by atoms with E-state index < -0.39 is 0 Å². The fraction of sp³-hybridized carbons (Fsp3) is 0.375. The molecule has 1 heterocycles. The largest absolute Gasteiger partial charge is 0.497 e. The average molecular weight is 350 g/mol. The summed E-state index contributed by atoms with van der Waals surface area (Å²) in [5.74, 6) is 2.70. The second-order valence-electron chi connectivity index (χ2n) is 5.01. The zero-order chi connectivity index (χ0) is 15.4. The minimum atomic E-state index is 0.316. The molecule has 2 aromatic rings. The standard InChI is InChI=1S/C16H20BrN3O/c1-5-18-16-13(17)14(10(2)3)19-15(20-16)11-6-8-12(21-4)9-7-11/h6-10H,5H2,1-4H3,(H,18,19,20). The number of hydrogen-bond donors (Lipinski definition) is 1. The van der Waals surface area contributed by atoms with Gasteiger partial charge in [0, 0.05) is 12.1 Å². The summed E-state index contributed by atoms with van der Waals surface area (Å²) >= 11 is 3.60. The third-order valence-electron chi connectivity index (χ3n) is 3.12. The molecule has 1 aromatic heterocycles. The maximum atomic E-state index is 5.19. The molecule has 0 saturated heterocycles. The number of methoxy groups -OCH3 is 1. The lowest BCUT2D eigenvalue weighted by atomic mass is 10.1. The van der Waals surface area contributed by atoms with Gasteiger partial charge in [-0.2, -0.15) is 0 Å². The van der Waals surface area contributed by atoms with Crippen LogP contribution in [0.3, 0.4) is 0 Å². The van der Waals surface area contributed by atoms with Gasteiger partial charge in [0.2, 0.25) is 0 Å². The van der Waals surface area contributed by atoms with Crippen LogP contribution in [0.5, 0.6) is 5.75 Å². The van der Waals surface area contributed by atoms with Crippen molar-refractivity contribution >= 4 is 21.7 Å². The molecular formula is C16H20BrN3O. The molecule has 0 bridgehead atoms. The maximum Gasteiger partial charge on any atom is 0.161 e. The summed E-state index contributed by atoms with van der Waals surface area (Å²) in [5.41, 5.74) is 1.98. The van der Waals surface area contributed by atoms with Gasteiger partial charge in [0.1, 0.15) is 11.6 Å². The molecule has 0 spiro atoms. The number of nitrogens with zero attached hydrogens (tertiary/aromatic N) is 2. The first-order chi connectivity index (χ1) is 10.1. The van der Waals surface area contributed by atoms with Crippen LogP contribution in [0, 0.1) is 0 Å². The average Bonchev–Trinajstić information content (AvgIpc) is 2.49. The summed E-state index contributed by atoms with van der Waals surface area (Å²) in [6.45, 7) is 7.12. The monoisotopic (exact) mass is 349 g/mol.